The lowest BCUT2D eigenvalue weighted by atomic mass is 9.83. The summed E-state index contributed by atoms with van der Waals surface area (Å²) in [5, 5.41) is 8.86. The molecule has 156 valence electrons. The van der Waals surface area contributed by atoms with Crippen LogP contribution in [0.3, 0.4) is 0 Å². The molecule has 0 bridgehead atoms. The molecule has 3 aromatic carbocycles. The first-order chi connectivity index (χ1) is 15.1. The van der Waals surface area contributed by atoms with Crippen LogP contribution in [-0.4, -0.2) is 30.7 Å². The molecular formula is C26H23Cl2N3. The van der Waals surface area contributed by atoms with Crippen LogP contribution in [0.25, 0.3) is 6.08 Å². The number of halogens is 2. The first-order valence-electron chi connectivity index (χ1n) is 10.4. The predicted octanol–water partition coefficient (Wildman–Crippen LogP) is 6.56. The molecule has 1 fully saturated rings. The van der Waals surface area contributed by atoms with E-state index >= 15 is 0 Å². The summed E-state index contributed by atoms with van der Waals surface area (Å²) >= 11 is 12.3. The molecule has 31 heavy (non-hydrogen) atoms. The third kappa shape index (κ3) is 4.14. The van der Waals surface area contributed by atoms with Gasteiger partial charge < -0.3 is 4.90 Å². The van der Waals surface area contributed by atoms with Gasteiger partial charge in [0.1, 0.15) is 0 Å². The van der Waals surface area contributed by atoms with Gasteiger partial charge in [-0.2, -0.15) is 5.10 Å². The highest BCUT2D eigenvalue weighted by atomic mass is 35.5. The number of hydrogen-bond acceptors (Lipinski definition) is 3. The Morgan fingerprint density at radius 1 is 0.871 bits per heavy atom. The number of piperidine rings is 1. The topological polar surface area (TPSA) is 18.8 Å². The fourth-order valence-corrected chi connectivity index (χ4v) is 4.80. The molecule has 0 aromatic heterocycles. The van der Waals surface area contributed by atoms with E-state index in [4.69, 9.17) is 28.3 Å². The van der Waals surface area contributed by atoms with Crippen molar-refractivity contribution in [1.82, 2.24) is 4.90 Å². The molecule has 2 atom stereocenters. The molecule has 0 N–H and O–H groups in total. The second kappa shape index (κ2) is 8.51. The van der Waals surface area contributed by atoms with Crippen molar-refractivity contribution in [2.24, 2.45) is 11.0 Å². The zero-order valence-corrected chi connectivity index (χ0v) is 18.8. The van der Waals surface area contributed by atoms with Crippen molar-refractivity contribution < 1.29 is 0 Å². The number of hydrazone groups is 1. The summed E-state index contributed by atoms with van der Waals surface area (Å²) in [6.45, 7) is 1.82. The van der Waals surface area contributed by atoms with E-state index in [0.29, 0.717) is 0 Å². The number of hydrogen-bond donors (Lipinski definition) is 0. The molecule has 2 heterocycles. The minimum Gasteiger partial charge on any atom is -0.301 e. The largest absolute Gasteiger partial charge is 0.301 e. The summed E-state index contributed by atoms with van der Waals surface area (Å²) < 4.78 is 0. The van der Waals surface area contributed by atoms with E-state index in [9.17, 15) is 0 Å². The van der Waals surface area contributed by atoms with Gasteiger partial charge in [0, 0.05) is 29.1 Å². The Hall–Kier alpha value is -2.59. The Morgan fingerprint density at radius 2 is 1.52 bits per heavy atom. The maximum absolute atomic E-state index is 6.19. The zero-order chi connectivity index (χ0) is 21.4. The van der Waals surface area contributed by atoms with Crippen LogP contribution in [0.1, 0.15) is 17.2 Å². The van der Waals surface area contributed by atoms with E-state index in [1.165, 1.54) is 11.1 Å². The Labute approximate surface area is 193 Å². The summed E-state index contributed by atoms with van der Waals surface area (Å²) in [5.41, 5.74) is 5.86. The number of para-hydroxylation sites is 1. The summed E-state index contributed by atoms with van der Waals surface area (Å²) in [6.07, 6.45) is 2.24. The van der Waals surface area contributed by atoms with Gasteiger partial charge in [0.2, 0.25) is 0 Å². The molecule has 2 unspecified atom stereocenters. The number of benzene rings is 3. The second-order valence-corrected chi connectivity index (χ2v) is 9.06. The molecule has 0 radical (unpaired) electrons. The number of fused-ring (bicyclic) bond motifs is 1. The average molecular weight is 448 g/mol. The van der Waals surface area contributed by atoms with Crippen LogP contribution in [0.4, 0.5) is 5.69 Å². The third-order valence-electron chi connectivity index (χ3n) is 5.93. The van der Waals surface area contributed by atoms with Crippen LogP contribution in [0, 0.1) is 5.92 Å². The maximum Gasteiger partial charge on any atom is 0.0872 e. The molecule has 0 amide bonds. The van der Waals surface area contributed by atoms with Crippen molar-refractivity contribution in [3.63, 3.8) is 0 Å². The molecule has 2 aliphatic heterocycles. The maximum atomic E-state index is 6.19. The van der Waals surface area contributed by atoms with E-state index in [0.717, 1.165) is 40.1 Å². The number of likely N-dealkylation sites (N-methyl/N-ethyl adjacent to an activating group) is 1. The van der Waals surface area contributed by atoms with Gasteiger partial charge in [-0.3, -0.25) is 5.01 Å². The first-order valence-corrected chi connectivity index (χ1v) is 11.2. The quantitative estimate of drug-likeness (QED) is 0.452. The molecule has 0 spiro atoms. The van der Waals surface area contributed by atoms with Gasteiger partial charge in [0.05, 0.1) is 17.4 Å². The van der Waals surface area contributed by atoms with Gasteiger partial charge >= 0.3 is 0 Å². The minimum atomic E-state index is 0.117. The summed E-state index contributed by atoms with van der Waals surface area (Å²) in [6, 6.07) is 26.7. The summed E-state index contributed by atoms with van der Waals surface area (Å²) in [7, 11) is 2.18. The minimum absolute atomic E-state index is 0.117. The van der Waals surface area contributed by atoms with Crippen LogP contribution in [0.15, 0.2) is 89.5 Å². The molecule has 5 rings (SSSR count). The second-order valence-electron chi connectivity index (χ2n) is 8.19. The van der Waals surface area contributed by atoms with Crippen molar-refractivity contribution in [3.05, 3.63) is 106 Å². The molecule has 2 aliphatic rings. The Bertz CT molecular complexity index is 1120. The molecule has 3 nitrogen and oxygen atoms in total. The Balaban J connectivity index is 1.60. The van der Waals surface area contributed by atoms with Gasteiger partial charge in [0.15, 0.2) is 0 Å². The number of nitrogens with zero attached hydrogens (tertiary/aromatic N) is 3. The number of rotatable bonds is 3. The fraction of sp³-hybridized carbons (Fsp3) is 0.192. The number of anilines is 1. The standard InChI is InChI=1S/C26H23Cl2N3/c1-30-16-20(15-18-7-11-21(27)12-8-18)25-24(17-30)26(19-9-13-22(28)14-10-19)31(29-25)23-5-3-2-4-6-23/h2-15,24,26H,16-17H2,1H3/b20-15+. The van der Waals surface area contributed by atoms with Crippen LogP contribution in [0.5, 0.6) is 0 Å². The van der Waals surface area contributed by atoms with Crippen LogP contribution in [-0.2, 0) is 0 Å². The van der Waals surface area contributed by atoms with Crippen molar-refractivity contribution in [2.45, 2.75) is 6.04 Å². The van der Waals surface area contributed by atoms with E-state index in [1.54, 1.807) is 0 Å². The van der Waals surface area contributed by atoms with Gasteiger partial charge in [-0.05, 0) is 66.2 Å². The van der Waals surface area contributed by atoms with E-state index < -0.39 is 0 Å². The molecule has 3 aromatic rings. The monoisotopic (exact) mass is 447 g/mol. The Kier molecular flexibility index (Phi) is 5.58. The lowest BCUT2D eigenvalue weighted by Crippen LogP contribution is -2.41. The van der Waals surface area contributed by atoms with Gasteiger partial charge in [-0.15, -0.1) is 0 Å². The predicted molar refractivity (Wildman–Crippen MR) is 131 cm³/mol. The molecular weight excluding hydrogens is 425 g/mol. The summed E-state index contributed by atoms with van der Waals surface area (Å²) in [4.78, 5) is 2.38. The average Bonchev–Trinajstić information content (AvgIpc) is 3.16. The highest BCUT2D eigenvalue weighted by Crippen LogP contribution is 2.43. The number of likely N-dealkylation sites (tertiary alicyclic amines) is 1. The Morgan fingerprint density at radius 3 is 2.19 bits per heavy atom. The highest BCUT2D eigenvalue weighted by molar-refractivity contribution is 6.30. The molecule has 0 aliphatic carbocycles. The van der Waals surface area contributed by atoms with Crippen molar-refractivity contribution in [1.29, 1.82) is 0 Å². The highest BCUT2D eigenvalue weighted by Gasteiger charge is 2.43. The smallest absolute Gasteiger partial charge is 0.0872 e. The zero-order valence-electron chi connectivity index (χ0n) is 17.2. The van der Waals surface area contributed by atoms with Crippen LogP contribution in [0.2, 0.25) is 10.0 Å². The first kappa shape index (κ1) is 20.3. The van der Waals surface area contributed by atoms with Crippen LogP contribution >= 0.6 is 23.2 Å². The van der Waals surface area contributed by atoms with Crippen LogP contribution < -0.4 is 5.01 Å². The van der Waals surface area contributed by atoms with Crippen molar-refractivity contribution >= 4 is 40.7 Å². The van der Waals surface area contributed by atoms with E-state index in [2.05, 4.69) is 71.6 Å². The van der Waals surface area contributed by atoms with Crippen molar-refractivity contribution in [2.75, 3.05) is 25.1 Å². The third-order valence-corrected chi connectivity index (χ3v) is 6.44. The lowest BCUT2D eigenvalue weighted by Gasteiger charge is -2.34. The normalized spacial score (nSPS) is 22.5. The molecule has 0 saturated carbocycles. The lowest BCUT2D eigenvalue weighted by molar-refractivity contribution is 0.303. The molecule has 5 heteroatoms. The van der Waals surface area contributed by atoms with Gasteiger partial charge in [-0.1, -0.05) is 65.7 Å². The van der Waals surface area contributed by atoms with E-state index in [1.807, 2.05) is 30.3 Å². The molecule has 1 saturated heterocycles. The fourth-order valence-electron chi connectivity index (χ4n) is 4.55. The SMILES string of the molecule is CN1C/C(=C\c2ccc(Cl)cc2)C2=NN(c3ccccc3)C(c3ccc(Cl)cc3)C2C1. The summed E-state index contributed by atoms with van der Waals surface area (Å²) in [5.74, 6) is 0.263. The van der Waals surface area contributed by atoms with Crippen molar-refractivity contribution in [3.8, 4) is 0 Å². The van der Waals surface area contributed by atoms with Gasteiger partial charge in [-0.25, -0.2) is 0 Å². The van der Waals surface area contributed by atoms with Gasteiger partial charge in [0.25, 0.3) is 0 Å². The van der Waals surface area contributed by atoms with E-state index in [-0.39, 0.29) is 12.0 Å².